The lowest BCUT2D eigenvalue weighted by atomic mass is 10.1. The summed E-state index contributed by atoms with van der Waals surface area (Å²) >= 11 is 1.27. The van der Waals surface area contributed by atoms with Gasteiger partial charge in [-0.05, 0) is 17.7 Å². The summed E-state index contributed by atoms with van der Waals surface area (Å²) in [6.07, 6.45) is -0.379. The minimum absolute atomic E-state index is 0.339. The van der Waals surface area contributed by atoms with Crippen molar-refractivity contribution in [3.63, 3.8) is 0 Å². The summed E-state index contributed by atoms with van der Waals surface area (Å²) in [5.74, 6) is 1.58. The zero-order chi connectivity index (χ0) is 18.8. The first-order chi connectivity index (χ1) is 13.1. The van der Waals surface area contributed by atoms with Gasteiger partial charge in [0.15, 0.2) is 28.6 Å². The Bertz CT molecular complexity index is 961. The molecular weight excluding hydrogens is 364 g/mol. The van der Waals surface area contributed by atoms with E-state index >= 15 is 0 Å². The lowest BCUT2D eigenvalue weighted by molar-refractivity contribution is -0.117. The third kappa shape index (κ3) is 3.48. The van der Waals surface area contributed by atoms with Gasteiger partial charge in [0, 0.05) is 7.05 Å². The molecule has 1 aliphatic rings. The number of benzene rings is 2. The molecule has 0 saturated heterocycles. The van der Waals surface area contributed by atoms with Gasteiger partial charge in [0.2, 0.25) is 5.91 Å². The number of ether oxygens (including phenoxy) is 2. The van der Waals surface area contributed by atoms with Crippen LogP contribution in [0.4, 0.5) is 0 Å². The van der Waals surface area contributed by atoms with E-state index in [1.165, 1.54) is 11.8 Å². The molecule has 7 nitrogen and oxygen atoms in total. The molecule has 0 radical (unpaired) electrons. The van der Waals surface area contributed by atoms with E-state index < -0.39 is 11.2 Å². The Morgan fingerprint density at radius 2 is 1.85 bits per heavy atom. The molecule has 1 amide bonds. The Morgan fingerprint density at radius 1 is 1.15 bits per heavy atom. The summed E-state index contributed by atoms with van der Waals surface area (Å²) < 4.78 is 13.6. The van der Waals surface area contributed by atoms with Crippen molar-refractivity contribution < 1.29 is 14.3 Å². The number of primary amides is 1. The number of hydrogen-bond acceptors (Lipinski definition) is 6. The van der Waals surface area contributed by atoms with E-state index in [1.807, 2.05) is 66.2 Å². The molecule has 2 unspecified atom stereocenters. The molecule has 138 valence electrons. The van der Waals surface area contributed by atoms with Crippen molar-refractivity contribution >= 4 is 17.7 Å². The molecule has 8 heteroatoms. The van der Waals surface area contributed by atoms with Crippen LogP contribution >= 0.6 is 11.8 Å². The van der Waals surface area contributed by atoms with Gasteiger partial charge in [0.05, 0.1) is 0 Å². The number of aromatic nitrogens is 3. The SMILES string of the molecule is Cn1c(SC(C(N)=O)c2ccccc2)nnc1C1COc2ccccc2O1. The first-order valence-electron chi connectivity index (χ1n) is 8.42. The van der Waals surface area contributed by atoms with Gasteiger partial charge < -0.3 is 19.8 Å². The third-order valence-electron chi connectivity index (χ3n) is 4.25. The average molecular weight is 382 g/mol. The lowest BCUT2D eigenvalue weighted by Gasteiger charge is -2.25. The summed E-state index contributed by atoms with van der Waals surface area (Å²) in [5, 5.41) is 8.51. The second kappa shape index (κ2) is 7.32. The molecule has 1 aromatic heterocycles. The summed E-state index contributed by atoms with van der Waals surface area (Å²) in [5.41, 5.74) is 6.43. The number of hydrogen-bond donors (Lipinski definition) is 1. The Labute approximate surface area is 160 Å². The Kier molecular flexibility index (Phi) is 4.72. The number of nitrogens with two attached hydrogens (primary N) is 1. The lowest BCUT2D eigenvalue weighted by Crippen LogP contribution is -2.24. The molecule has 2 aromatic carbocycles. The molecule has 2 heterocycles. The van der Waals surface area contributed by atoms with Crippen LogP contribution in [0.3, 0.4) is 0 Å². The van der Waals surface area contributed by atoms with Crippen molar-refractivity contribution in [3.8, 4) is 11.5 Å². The van der Waals surface area contributed by atoms with E-state index in [9.17, 15) is 4.79 Å². The summed E-state index contributed by atoms with van der Waals surface area (Å²) in [7, 11) is 1.84. The van der Waals surface area contributed by atoms with Gasteiger partial charge in [-0.25, -0.2) is 0 Å². The van der Waals surface area contributed by atoms with Crippen LogP contribution < -0.4 is 15.2 Å². The fourth-order valence-electron chi connectivity index (χ4n) is 2.88. The van der Waals surface area contributed by atoms with E-state index in [2.05, 4.69) is 10.2 Å². The summed E-state index contributed by atoms with van der Waals surface area (Å²) in [4.78, 5) is 12.0. The number of para-hydroxylation sites is 2. The van der Waals surface area contributed by atoms with E-state index in [0.29, 0.717) is 29.1 Å². The number of nitrogens with zero attached hydrogens (tertiary/aromatic N) is 3. The van der Waals surface area contributed by atoms with Crippen LogP contribution in [0.25, 0.3) is 0 Å². The van der Waals surface area contributed by atoms with Crippen LogP contribution in [0.15, 0.2) is 59.8 Å². The second-order valence-corrected chi connectivity index (χ2v) is 7.15. The monoisotopic (exact) mass is 382 g/mol. The van der Waals surface area contributed by atoms with Gasteiger partial charge in [-0.1, -0.05) is 54.2 Å². The molecule has 0 bridgehead atoms. The highest BCUT2D eigenvalue weighted by atomic mass is 32.2. The molecule has 0 aliphatic carbocycles. The molecule has 4 rings (SSSR count). The number of rotatable bonds is 5. The molecule has 1 aliphatic heterocycles. The fraction of sp³-hybridized carbons (Fsp3) is 0.211. The predicted octanol–water partition coefficient (Wildman–Crippen LogP) is 2.65. The van der Waals surface area contributed by atoms with Crippen LogP contribution in [0, 0.1) is 0 Å². The van der Waals surface area contributed by atoms with Crippen molar-refractivity contribution in [1.82, 2.24) is 14.8 Å². The minimum Gasteiger partial charge on any atom is -0.485 e. The maximum Gasteiger partial charge on any atom is 0.235 e. The van der Waals surface area contributed by atoms with Crippen molar-refractivity contribution in [3.05, 3.63) is 66.0 Å². The first-order valence-corrected chi connectivity index (χ1v) is 9.30. The molecule has 0 fully saturated rings. The highest BCUT2D eigenvalue weighted by Crippen LogP contribution is 2.38. The average Bonchev–Trinajstić information content (AvgIpc) is 3.06. The van der Waals surface area contributed by atoms with Gasteiger partial charge in [-0.3, -0.25) is 4.79 Å². The zero-order valence-corrected chi connectivity index (χ0v) is 15.4. The van der Waals surface area contributed by atoms with Gasteiger partial charge in [-0.15, -0.1) is 10.2 Å². The van der Waals surface area contributed by atoms with Crippen LogP contribution in [-0.4, -0.2) is 27.3 Å². The van der Waals surface area contributed by atoms with E-state index in [-0.39, 0.29) is 6.10 Å². The van der Waals surface area contributed by atoms with Gasteiger partial charge in [0.1, 0.15) is 11.9 Å². The molecule has 27 heavy (non-hydrogen) atoms. The Hall–Kier alpha value is -3.00. The van der Waals surface area contributed by atoms with Crippen molar-refractivity contribution in [1.29, 1.82) is 0 Å². The molecule has 2 atom stereocenters. The topological polar surface area (TPSA) is 92.3 Å². The Balaban J connectivity index is 1.57. The maximum absolute atomic E-state index is 12.0. The summed E-state index contributed by atoms with van der Waals surface area (Å²) in [6.45, 7) is 0.339. The second-order valence-electron chi connectivity index (χ2n) is 6.07. The van der Waals surface area contributed by atoms with E-state index in [4.69, 9.17) is 15.2 Å². The quantitative estimate of drug-likeness (QED) is 0.682. The van der Waals surface area contributed by atoms with Crippen LogP contribution in [0.5, 0.6) is 11.5 Å². The van der Waals surface area contributed by atoms with Crippen molar-refractivity contribution in [2.24, 2.45) is 12.8 Å². The van der Waals surface area contributed by atoms with Crippen LogP contribution in [0.1, 0.15) is 22.7 Å². The number of amides is 1. The Morgan fingerprint density at radius 3 is 2.59 bits per heavy atom. The number of fused-ring (bicyclic) bond motifs is 1. The van der Waals surface area contributed by atoms with Crippen LogP contribution in [0.2, 0.25) is 0 Å². The summed E-state index contributed by atoms with van der Waals surface area (Å²) in [6, 6.07) is 16.9. The predicted molar refractivity (Wildman–Crippen MR) is 101 cm³/mol. The van der Waals surface area contributed by atoms with Gasteiger partial charge in [-0.2, -0.15) is 0 Å². The molecule has 2 N–H and O–H groups in total. The maximum atomic E-state index is 12.0. The van der Waals surface area contributed by atoms with Gasteiger partial charge >= 0.3 is 0 Å². The standard InChI is InChI=1S/C19H18N4O3S/c1-23-18(15-11-25-13-9-5-6-10-14(13)26-15)21-22-19(23)27-16(17(20)24)12-7-3-2-4-8-12/h2-10,15-16H,11H2,1H3,(H2,20,24). The number of carbonyl (C=O) groups is 1. The molecule has 3 aromatic rings. The zero-order valence-electron chi connectivity index (χ0n) is 14.6. The van der Waals surface area contributed by atoms with E-state index in [0.717, 1.165) is 5.56 Å². The molecule has 0 spiro atoms. The minimum atomic E-state index is -0.550. The fourth-order valence-corrected chi connectivity index (χ4v) is 3.84. The highest BCUT2D eigenvalue weighted by Gasteiger charge is 2.29. The number of thioether (sulfide) groups is 1. The van der Waals surface area contributed by atoms with Crippen LogP contribution in [-0.2, 0) is 11.8 Å². The molecular formula is C19H18N4O3S. The first kappa shape index (κ1) is 17.4. The third-order valence-corrected chi connectivity index (χ3v) is 5.56. The largest absolute Gasteiger partial charge is 0.485 e. The normalized spacial score (nSPS) is 16.7. The number of carbonyl (C=O) groups excluding carboxylic acids is 1. The smallest absolute Gasteiger partial charge is 0.235 e. The van der Waals surface area contributed by atoms with E-state index in [1.54, 1.807) is 0 Å². The highest BCUT2D eigenvalue weighted by molar-refractivity contribution is 8.00. The van der Waals surface area contributed by atoms with Crippen molar-refractivity contribution in [2.45, 2.75) is 16.5 Å². The molecule has 0 saturated carbocycles. The van der Waals surface area contributed by atoms with Crippen molar-refractivity contribution in [2.75, 3.05) is 6.61 Å². The van der Waals surface area contributed by atoms with Gasteiger partial charge in [0.25, 0.3) is 0 Å².